The third kappa shape index (κ3) is 2.26. The molecule has 10 heteroatoms. The second-order valence-electron chi connectivity index (χ2n) is 6.20. The second kappa shape index (κ2) is 4.92. The number of nitrogens with one attached hydrogen (secondary N) is 1. The minimum Gasteiger partial charge on any atom is -0.481 e. The van der Waals surface area contributed by atoms with E-state index in [1.807, 2.05) is 0 Å². The number of carboxylic acid groups (broad SMARTS) is 2. The lowest BCUT2D eigenvalue weighted by Gasteiger charge is -2.29. The molecule has 0 spiro atoms. The average Bonchev–Trinajstić information content (AvgIpc) is 3.08. The van der Waals surface area contributed by atoms with Gasteiger partial charge in [-0.25, -0.2) is 13.2 Å². The van der Waals surface area contributed by atoms with Crippen molar-refractivity contribution in [3.8, 4) is 0 Å². The van der Waals surface area contributed by atoms with Crippen molar-refractivity contribution >= 4 is 27.7 Å². The molecule has 1 amide bonds. The van der Waals surface area contributed by atoms with Crippen LogP contribution in [0.3, 0.4) is 0 Å². The molecule has 1 aliphatic heterocycles. The zero-order valence-corrected chi connectivity index (χ0v) is 12.8. The fourth-order valence-electron chi connectivity index (χ4n) is 3.10. The molecule has 0 bridgehead atoms. The molecule has 2 rings (SSSR count). The molecule has 1 heterocycles. The highest BCUT2D eigenvalue weighted by molar-refractivity contribution is 7.92. The number of sulfone groups is 1. The summed E-state index contributed by atoms with van der Waals surface area (Å²) in [7, 11) is -3.91. The van der Waals surface area contributed by atoms with Crippen LogP contribution < -0.4 is 11.1 Å². The Morgan fingerprint density at radius 3 is 2.18 bits per heavy atom. The van der Waals surface area contributed by atoms with E-state index in [1.165, 1.54) is 0 Å². The molecule has 0 aromatic carbocycles. The van der Waals surface area contributed by atoms with Crippen molar-refractivity contribution in [3.05, 3.63) is 0 Å². The summed E-state index contributed by atoms with van der Waals surface area (Å²) in [5.41, 5.74) is 3.52. The van der Waals surface area contributed by atoms with E-state index in [4.69, 9.17) is 10.8 Å². The Morgan fingerprint density at radius 1 is 1.27 bits per heavy atom. The summed E-state index contributed by atoms with van der Waals surface area (Å²) in [4.78, 5) is 34.8. The molecule has 124 valence electrons. The predicted octanol–water partition coefficient (Wildman–Crippen LogP) is -1.96. The summed E-state index contributed by atoms with van der Waals surface area (Å²) in [6.07, 6.45) is 0. The first-order valence-electron chi connectivity index (χ1n) is 6.71. The molecule has 5 N–H and O–H groups in total. The molecule has 0 aromatic rings. The van der Waals surface area contributed by atoms with Crippen molar-refractivity contribution in [3.63, 3.8) is 0 Å². The van der Waals surface area contributed by atoms with Crippen molar-refractivity contribution in [2.45, 2.75) is 30.7 Å². The van der Waals surface area contributed by atoms with Gasteiger partial charge < -0.3 is 21.3 Å². The second-order valence-corrected chi connectivity index (χ2v) is 8.36. The van der Waals surface area contributed by atoms with E-state index in [0.717, 1.165) is 0 Å². The highest BCUT2D eigenvalue weighted by Crippen LogP contribution is 2.57. The summed E-state index contributed by atoms with van der Waals surface area (Å²) in [6, 6.07) is -1.01. The molecular formula is C12H18N2O7S. The summed E-state index contributed by atoms with van der Waals surface area (Å²) >= 11 is 0. The van der Waals surface area contributed by atoms with Gasteiger partial charge in [0.15, 0.2) is 15.4 Å². The van der Waals surface area contributed by atoms with Crippen LogP contribution in [0.5, 0.6) is 0 Å². The Hall–Kier alpha value is -1.68. The summed E-state index contributed by atoms with van der Waals surface area (Å²) < 4.78 is 24.0. The van der Waals surface area contributed by atoms with Gasteiger partial charge in [-0.05, 0) is 5.92 Å². The maximum absolute atomic E-state index is 12.1. The fourth-order valence-corrected chi connectivity index (χ4v) is 5.81. The summed E-state index contributed by atoms with van der Waals surface area (Å²) in [5, 5.41) is 19.4. The van der Waals surface area contributed by atoms with Gasteiger partial charge in [0.25, 0.3) is 0 Å². The lowest BCUT2D eigenvalue weighted by atomic mass is 9.92. The number of rotatable bonds is 5. The number of hydrogen-bond acceptors (Lipinski definition) is 6. The van der Waals surface area contributed by atoms with Crippen molar-refractivity contribution in [2.24, 2.45) is 23.5 Å². The smallest absolute Gasteiger partial charge is 0.330 e. The highest BCUT2D eigenvalue weighted by atomic mass is 32.2. The van der Waals surface area contributed by atoms with Crippen LogP contribution in [0.25, 0.3) is 0 Å². The van der Waals surface area contributed by atoms with Crippen molar-refractivity contribution in [2.75, 3.05) is 5.75 Å². The predicted molar refractivity (Wildman–Crippen MR) is 73.5 cm³/mol. The maximum atomic E-state index is 12.1. The number of carbonyl (C=O) groups excluding carboxylic acids is 1. The van der Waals surface area contributed by atoms with Gasteiger partial charge in [0.2, 0.25) is 5.91 Å². The van der Waals surface area contributed by atoms with Gasteiger partial charge in [-0.2, -0.15) is 0 Å². The number of aliphatic carboxylic acids is 2. The molecule has 5 atom stereocenters. The first kappa shape index (κ1) is 16.7. The van der Waals surface area contributed by atoms with Gasteiger partial charge in [0.1, 0.15) is 0 Å². The Morgan fingerprint density at radius 2 is 1.82 bits per heavy atom. The zero-order valence-electron chi connectivity index (χ0n) is 12.0. The molecule has 1 saturated carbocycles. The van der Waals surface area contributed by atoms with E-state index in [0.29, 0.717) is 0 Å². The topological polar surface area (TPSA) is 164 Å². The van der Waals surface area contributed by atoms with Crippen LogP contribution in [0.15, 0.2) is 0 Å². The van der Waals surface area contributed by atoms with Gasteiger partial charge in [-0.15, -0.1) is 0 Å². The van der Waals surface area contributed by atoms with Crippen LogP contribution in [0.1, 0.15) is 13.8 Å². The van der Waals surface area contributed by atoms with E-state index < -0.39 is 62.1 Å². The number of nitrogens with two attached hydrogens (primary N) is 1. The molecule has 0 radical (unpaired) electrons. The van der Waals surface area contributed by atoms with Crippen LogP contribution in [0, 0.1) is 17.8 Å². The van der Waals surface area contributed by atoms with Gasteiger partial charge in [0, 0.05) is 5.92 Å². The van der Waals surface area contributed by atoms with Crippen LogP contribution in [0.2, 0.25) is 0 Å². The Bertz CT molecular complexity index is 644. The molecule has 2 aliphatic rings. The Kier molecular flexibility index (Phi) is 3.73. The fraction of sp³-hybridized carbons (Fsp3) is 0.750. The largest absolute Gasteiger partial charge is 0.481 e. The van der Waals surface area contributed by atoms with Gasteiger partial charge in [0.05, 0.1) is 23.0 Å². The van der Waals surface area contributed by atoms with Crippen molar-refractivity contribution in [1.29, 1.82) is 0 Å². The molecule has 9 nitrogen and oxygen atoms in total. The van der Waals surface area contributed by atoms with Crippen LogP contribution in [0.4, 0.5) is 0 Å². The van der Waals surface area contributed by atoms with Crippen LogP contribution >= 0.6 is 0 Å². The highest BCUT2D eigenvalue weighted by Gasteiger charge is 2.79. The normalized spacial score (nSPS) is 36.5. The minimum absolute atomic E-state index is 0.283. The van der Waals surface area contributed by atoms with E-state index >= 15 is 0 Å². The minimum atomic E-state index is -3.91. The van der Waals surface area contributed by atoms with Gasteiger partial charge in [-0.3, -0.25) is 9.59 Å². The number of fused-ring (bicyclic) bond motifs is 1. The standard InChI is InChI=1S/C12H18N2O7S/c1-4(2)7(13)9(15)14-12(11(18)19)3-22(20,21)8-5(6(8)12)10(16)17/h4-8H,3,13H2,1-2H3,(H,14,15)(H,16,17)(H,18,19)/t5-,6-,7+,8+,12+/m1/s1. The molecular weight excluding hydrogens is 316 g/mol. The van der Waals surface area contributed by atoms with Crippen LogP contribution in [-0.2, 0) is 24.2 Å². The molecule has 22 heavy (non-hydrogen) atoms. The SMILES string of the molecule is CC(C)[C@H](N)C(=O)N[C@@]1(C(=O)O)CS(=O)(=O)[C@H]2[C@H](C(=O)O)[C@H]21. The first-order valence-corrected chi connectivity index (χ1v) is 8.42. The van der Waals surface area contributed by atoms with Crippen molar-refractivity contribution in [1.82, 2.24) is 5.32 Å². The van der Waals surface area contributed by atoms with Gasteiger partial charge in [-0.1, -0.05) is 13.8 Å². The third-order valence-corrected chi connectivity index (χ3v) is 6.67. The third-order valence-electron chi connectivity index (χ3n) is 4.40. The van der Waals surface area contributed by atoms with Crippen LogP contribution in [-0.4, -0.2) is 59.1 Å². The molecule has 1 saturated heterocycles. The summed E-state index contributed by atoms with van der Waals surface area (Å²) in [6.45, 7) is 3.31. The number of carbonyl (C=O) groups is 3. The lowest BCUT2D eigenvalue weighted by Crippen LogP contribution is -2.62. The van der Waals surface area contributed by atoms with Gasteiger partial charge >= 0.3 is 11.9 Å². The molecule has 0 aromatic heterocycles. The molecule has 2 fully saturated rings. The first-order chi connectivity index (χ1) is 9.95. The van der Waals surface area contributed by atoms with E-state index in [2.05, 4.69) is 5.32 Å². The van der Waals surface area contributed by atoms with Crippen molar-refractivity contribution < 1.29 is 33.0 Å². The molecule has 1 aliphatic carbocycles. The zero-order chi connectivity index (χ0) is 17.0. The summed E-state index contributed by atoms with van der Waals surface area (Å²) in [5.74, 6) is -7.33. The molecule has 0 unspecified atom stereocenters. The quantitative estimate of drug-likeness (QED) is 0.450. The number of carboxylic acids is 2. The number of amides is 1. The lowest BCUT2D eigenvalue weighted by molar-refractivity contribution is -0.148. The van der Waals surface area contributed by atoms with E-state index in [-0.39, 0.29) is 5.92 Å². The number of hydrogen-bond donors (Lipinski definition) is 4. The maximum Gasteiger partial charge on any atom is 0.330 e. The average molecular weight is 334 g/mol. The monoisotopic (exact) mass is 334 g/mol. The Labute approximate surface area is 126 Å². The Balaban J connectivity index is 2.37. The van der Waals surface area contributed by atoms with E-state index in [1.54, 1.807) is 13.8 Å². The van der Waals surface area contributed by atoms with E-state index in [9.17, 15) is 27.9 Å².